The zero-order valence-electron chi connectivity index (χ0n) is 10.4. The van der Waals surface area contributed by atoms with Crippen LogP contribution in [0.2, 0.25) is 10.0 Å². The molecule has 20 heavy (non-hydrogen) atoms. The first-order valence-corrected chi connectivity index (χ1v) is 6.76. The van der Waals surface area contributed by atoms with Crippen LogP contribution in [-0.4, -0.2) is 4.98 Å². The lowest BCUT2D eigenvalue weighted by Gasteiger charge is -2.09. The van der Waals surface area contributed by atoms with E-state index in [-0.39, 0.29) is 0 Å². The zero-order chi connectivity index (χ0) is 14.1. The summed E-state index contributed by atoms with van der Waals surface area (Å²) in [6.07, 6.45) is 0. The molecule has 1 heterocycles. The molecule has 0 saturated carbocycles. The number of aromatic nitrogens is 1. The predicted octanol–water partition coefficient (Wildman–Crippen LogP) is 4.87. The van der Waals surface area contributed by atoms with Gasteiger partial charge >= 0.3 is 0 Å². The van der Waals surface area contributed by atoms with Crippen molar-refractivity contribution in [3.63, 3.8) is 0 Å². The van der Waals surface area contributed by atoms with Gasteiger partial charge in [0.15, 0.2) is 0 Å². The van der Waals surface area contributed by atoms with Crippen molar-refractivity contribution in [2.24, 2.45) is 0 Å². The zero-order valence-corrected chi connectivity index (χ0v) is 11.9. The minimum atomic E-state index is 0.553. The van der Waals surface area contributed by atoms with Gasteiger partial charge in [0.1, 0.15) is 5.82 Å². The number of pyridine rings is 1. The van der Waals surface area contributed by atoms with E-state index >= 15 is 0 Å². The number of nitrogens with zero attached hydrogens (tertiary/aromatic N) is 1. The number of hydrogen-bond donors (Lipinski definition) is 2. The highest BCUT2D eigenvalue weighted by atomic mass is 35.5. The lowest BCUT2D eigenvalue weighted by molar-refractivity contribution is 1.37. The molecule has 0 bridgehead atoms. The van der Waals surface area contributed by atoms with Gasteiger partial charge in [0.25, 0.3) is 0 Å². The largest absolute Gasteiger partial charge is 0.399 e. The van der Waals surface area contributed by atoms with E-state index in [0.29, 0.717) is 15.9 Å². The first-order valence-electron chi connectivity index (χ1n) is 6.00. The van der Waals surface area contributed by atoms with E-state index < -0.39 is 0 Å². The Morgan fingerprint density at radius 3 is 2.60 bits per heavy atom. The van der Waals surface area contributed by atoms with E-state index in [1.54, 1.807) is 12.1 Å². The molecule has 0 unspecified atom stereocenters. The van der Waals surface area contributed by atoms with Gasteiger partial charge in [-0.2, -0.15) is 0 Å². The standard InChI is InChI=1S/C15H11Cl2N3/c16-10-2-4-14(12(17)8-10)20-15-6-1-9-7-11(18)3-5-13(9)19-15/h1-8H,18H2,(H,19,20). The number of nitrogens with two attached hydrogens (primary N) is 1. The van der Waals surface area contributed by atoms with Crippen molar-refractivity contribution in [1.82, 2.24) is 4.98 Å². The molecule has 0 saturated heterocycles. The third-order valence-corrected chi connectivity index (χ3v) is 3.45. The summed E-state index contributed by atoms with van der Waals surface area (Å²) in [5.74, 6) is 0.714. The van der Waals surface area contributed by atoms with Gasteiger partial charge in [-0.15, -0.1) is 0 Å². The van der Waals surface area contributed by atoms with Crippen molar-refractivity contribution in [2.45, 2.75) is 0 Å². The number of anilines is 3. The van der Waals surface area contributed by atoms with Crippen LogP contribution < -0.4 is 11.1 Å². The Morgan fingerprint density at radius 1 is 0.950 bits per heavy atom. The molecule has 3 aromatic rings. The molecule has 100 valence electrons. The van der Waals surface area contributed by atoms with Gasteiger partial charge in [-0.05, 0) is 48.5 Å². The molecule has 3 N–H and O–H groups in total. The van der Waals surface area contributed by atoms with Gasteiger partial charge < -0.3 is 11.1 Å². The summed E-state index contributed by atoms with van der Waals surface area (Å²) in [6.45, 7) is 0. The van der Waals surface area contributed by atoms with Gasteiger partial charge in [-0.25, -0.2) is 4.98 Å². The molecule has 0 aliphatic rings. The summed E-state index contributed by atoms with van der Waals surface area (Å²) in [7, 11) is 0. The molecule has 0 amide bonds. The molecule has 0 radical (unpaired) electrons. The molecule has 0 spiro atoms. The molecular weight excluding hydrogens is 293 g/mol. The van der Waals surface area contributed by atoms with E-state index in [2.05, 4.69) is 10.3 Å². The first-order chi connectivity index (χ1) is 9.61. The highest BCUT2D eigenvalue weighted by Gasteiger charge is 2.04. The van der Waals surface area contributed by atoms with Gasteiger partial charge in [0.2, 0.25) is 0 Å². The number of halogens is 2. The summed E-state index contributed by atoms with van der Waals surface area (Å²) in [5.41, 5.74) is 8.10. The fraction of sp³-hybridized carbons (Fsp3) is 0. The molecule has 0 aliphatic carbocycles. The molecule has 0 fully saturated rings. The van der Waals surface area contributed by atoms with Gasteiger partial charge in [-0.3, -0.25) is 0 Å². The lowest BCUT2D eigenvalue weighted by atomic mass is 10.2. The van der Waals surface area contributed by atoms with Crippen molar-refractivity contribution >= 4 is 51.3 Å². The molecular formula is C15H11Cl2N3. The maximum Gasteiger partial charge on any atom is 0.131 e. The lowest BCUT2D eigenvalue weighted by Crippen LogP contribution is -1.95. The van der Waals surface area contributed by atoms with Gasteiger partial charge in [0, 0.05) is 16.1 Å². The molecule has 0 atom stereocenters. The van der Waals surface area contributed by atoms with Crippen LogP contribution in [0.4, 0.5) is 17.2 Å². The summed E-state index contributed by atoms with van der Waals surface area (Å²) < 4.78 is 0. The summed E-state index contributed by atoms with van der Waals surface area (Å²) in [5, 5.41) is 5.32. The van der Waals surface area contributed by atoms with Gasteiger partial charge in [0.05, 0.1) is 16.2 Å². The van der Waals surface area contributed by atoms with Crippen LogP contribution >= 0.6 is 23.2 Å². The highest BCUT2D eigenvalue weighted by Crippen LogP contribution is 2.28. The third-order valence-electron chi connectivity index (χ3n) is 2.91. The second-order valence-electron chi connectivity index (χ2n) is 4.40. The Labute approximate surface area is 126 Å². The van der Waals surface area contributed by atoms with Crippen LogP contribution in [0.3, 0.4) is 0 Å². The van der Waals surface area contributed by atoms with E-state index in [9.17, 15) is 0 Å². The molecule has 0 aliphatic heterocycles. The smallest absolute Gasteiger partial charge is 0.131 e. The predicted molar refractivity (Wildman–Crippen MR) is 85.9 cm³/mol. The fourth-order valence-corrected chi connectivity index (χ4v) is 2.40. The van der Waals surface area contributed by atoms with Crippen LogP contribution in [0.15, 0.2) is 48.5 Å². The van der Waals surface area contributed by atoms with Crippen molar-refractivity contribution < 1.29 is 0 Å². The van der Waals surface area contributed by atoms with Crippen LogP contribution in [0.1, 0.15) is 0 Å². The van der Waals surface area contributed by atoms with E-state index in [4.69, 9.17) is 28.9 Å². The Hall–Kier alpha value is -1.97. The average molecular weight is 304 g/mol. The van der Waals surface area contributed by atoms with Crippen LogP contribution in [-0.2, 0) is 0 Å². The molecule has 2 aromatic carbocycles. The summed E-state index contributed by atoms with van der Waals surface area (Å²) in [4.78, 5) is 4.52. The minimum Gasteiger partial charge on any atom is -0.399 e. The van der Waals surface area contributed by atoms with Crippen LogP contribution in [0, 0.1) is 0 Å². The Morgan fingerprint density at radius 2 is 1.80 bits per heavy atom. The van der Waals surface area contributed by atoms with E-state index in [0.717, 1.165) is 22.3 Å². The van der Waals surface area contributed by atoms with E-state index in [1.165, 1.54) is 0 Å². The number of hydrogen-bond acceptors (Lipinski definition) is 3. The van der Waals surface area contributed by atoms with Crippen LogP contribution in [0.25, 0.3) is 10.9 Å². The number of nitrogens with one attached hydrogen (secondary N) is 1. The maximum atomic E-state index is 6.13. The quantitative estimate of drug-likeness (QED) is 0.664. The number of nitrogen functional groups attached to an aromatic ring is 1. The summed E-state index contributed by atoms with van der Waals surface area (Å²) >= 11 is 12.0. The number of fused-ring (bicyclic) bond motifs is 1. The van der Waals surface area contributed by atoms with Crippen molar-refractivity contribution in [1.29, 1.82) is 0 Å². The average Bonchev–Trinajstić information content (AvgIpc) is 2.42. The number of benzene rings is 2. The third kappa shape index (κ3) is 2.64. The summed E-state index contributed by atoms with van der Waals surface area (Å²) in [6, 6.07) is 14.7. The maximum absolute atomic E-state index is 6.13. The minimum absolute atomic E-state index is 0.553. The SMILES string of the molecule is Nc1ccc2nc(Nc3ccc(Cl)cc3Cl)ccc2c1. The monoisotopic (exact) mass is 303 g/mol. The Bertz CT molecular complexity index is 787. The first kappa shape index (κ1) is 13.0. The fourth-order valence-electron chi connectivity index (χ4n) is 1.94. The second kappa shape index (κ2) is 5.19. The van der Waals surface area contributed by atoms with Crippen molar-refractivity contribution in [2.75, 3.05) is 11.1 Å². The molecule has 5 heteroatoms. The highest BCUT2D eigenvalue weighted by molar-refractivity contribution is 6.36. The van der Waals surface area contributed by atoms with Crippen LogP contribution in [0.5, 0.6) is 0 Å². The topological polar surface area (TPSA) is 50.9 Å². The molecule has 3 rings (SSSR count). The Balaban J connectivity index is 1.96. The second-order valence-corrected chi connectivity index (χ2v) is 5.24. The van der Waals surface area contributed by atoms with E-state index in [1.807, 2.05) is 36.4 Å². The van der Waals surface area contributed by atoms with Crippen molar-refractivity contribution in [3.05, 3.63) is 58.6 Å². The number of rotatable bonds is 2. The molecule has 1 aromatic heterocycles. The normalized spacial score (nSPS) is 10.7. The molecule has 3 nitrogen and oxygen atoms in total. The Kier molecular flexibility index (Phi) is 3.38. The van der Waals surface area contributed by atoms with Crippen molar-refractivity contribution in [3.8, 4) is 0 Å². The van der Waals surface area contributed by atoms with Gasteiger partial charge in [-0.1, -0.05) is 23.2 Å².